The summed E-state index contributed by atoms with van der Waals surface area (Å²) in [5.74, 6) is -0.844. The lowest BCUT2D eigenvalue weighted by Gasteiger charge is -2.33. The van der Waals surface area contributed by atoms with E-state index in [2.05, 4.69) is 5.32 Å². The topological polar surface area (TPSA) is 69.6 Å². The van der Waals surface area contributed by atoms with Crippen LogP contribution in [0.4, 0.5) is 0 Å². The van der Waals surface area contributed by atoms with E-state index in [-0.39, 0.29) is 12.3 Å². The second-order valence-corrected chi connectivity index (χ2v) is 4.58. The number of rotatable bonds is 6. The molecule has 0 spiro atoms. The van der Waals surface area contributed by atoms with Crippen molar-refractivity contribution in [1.82, 2.24) is 10.2 Å². The summed E-state index contributed by atoms with van der Waals surface area (Å²) in [6.45, 7) is 0.780. The van der Waals surface area contributed by atoms with Crippen molar-refractivity contribution in [1.29, 1.82) is 0 Å². The van der Waals surface area contributed by atoms with Crippen LogP contribution in [0.5, 0.6) is 0 Å². The molecule has 5 heteroatoms. The fourth-order valence-electron chi connectivity index (χ4n) is 2.34. The average molecular weight is 242 g/mol. The normalized spacial score (nSPS) is 17.1. The maximum absolute atomic E-state index is 11.4. The fourth-order valence-corrected chi connectivity index (χ4v) is 2.34. The van der Waals surface area contributed by atoms with Gasteiger partial charge in [-0.15, -0.1) is 0 Å². The summed E-state index contributed by atoms with van der Waals surface area (Å²) in [4.78, 5) is 24.0. The van der Waals surface area contributed by atoms with Crippen molar-refractivity contribution in [3.8, 4) is 0 Å². The van der Waals surface area contributed by atoms with Crippen molar-refractivity contribution in [2.24, 2.45) is 0 Å². The first-order valence-electron chi connectivity index (χ1n) is 6.30. The number of hydrogen-bond acceptors (Lipinski definition) is 3. The van der Waals surface area contributed by atoms with E-state index in [1.807, 2.05) is 4.90 Å². The Labute approximate surface area is 102 Å². The van der Waals surface area contributed by atoms with Gasteiger partial charge < -0.3 is 10.4 Å². The highest BCUT2D eigenvalue weighted by Crippen LogP contribution is 2.22. The number of likely N-dealkylation sites (N-methyl/N-ethyl adjacent to an activating group) is 1. The average Bonchev–Trinajstić information content (AvgIpc) is 2.35. The molecule has 0 aromatic rings. The van der Waals surface area contributed by atoms with Gasteiger partial charge in [0.25, 0.3) is 0 Å². The first-order valence-corrected chi connectivity index (χ1v) is 6.30. The number of carboxylic acids is 1. The van der Waals surface area contributed by atoms with Gasteiger partial charge in [0.05, 0.1) is 13.0 Å². The van der Waals surface area contributed by atoms with E-state index in [0.29, 0.717) is 19.1 Å². The molecule has 1 aliphatic carbocycles. The quantitative estimate of drug-likeness (QED) is 0.724. The van der Waals surface area contributed by atoms with Crippen LogP contribution in [0.2, 0.25) is 0 Å². The van der Waals surface area contributed by atoms with Gasteiger partial charge in [0.15, 0.2) is 0 Å². The number of amides is 1. The van der Waals surface area contributed by atoms with Gasteiger partial charge >= 0.3 is 5.97 Å². The Bertz CT molecular complexity index is 262. The zero-order valence-corrected chi connectivity index (χ0v) is 10.4. The van der Waals surface area contributed by atoms with Crippen molar-refractivity contribution in [3.63, 3.8) is 0 Å². The Kier molecular flexibility index (Phi) is 5.97. The monoisotopic (exact) mass is 242 g/mol. The van der Waals surface area contributed by atoms with Gasteiger partial charge in [0, 0.05) is 19.6 Å². The third-order valence-electron chi connectivity index (χ3n) is 3.33. The fraction of sp³-hybridized carbons (Fsp3) is 0.833. The van der Waals surface area contributed by atoms with Crippen LogP contribution >= 0.6 is 0 Å². The van der Waals surface area contributed by atoms with E-state index >= 15 is 0 Å². The summed E-state index contributed by atoms with van der Waals surface area (Å²) in [5.41, 5.74) is 0. The Morgan fingerprint density at radius 3 is 2.47 bits per heavy atom. The van der Waals surface area contributed by atoms with E-state index in [4.69, 9.17) is 5.11 Å². The predicted octanol–water partition coefficient (Wildman–Crippen LogP) is 0.842. The number of aliphatic carboxylic acids is 1. The molecule has 2 N–H and O–H groups in total. The molecule has 0 atom stereocenters. The molecule has 5 nitrogen and oxygen atoms in total. The second-order valence-electron chi connectivity index (χ2n) is 4.58. The van der Waals surface area contributed by atoms with Crippen LogP contribution in [0.15, 0.2) is 0 Å². The summed E-state index contributed by atoms with van der Waals surface area (Å²) >= 11 is 0. The molecule has 0 unspecified atom stereocenters. The van der Waals surface area contributed by atoms with Crippen molar-refractivity contribution >= 4 is 11.9 Å². The van der Waals surface area contributed by atoms with Gasteiger partial charge in [-0.1, -0.05) is 19.3 Å². The molecule has 0 aliphatic heterocycles. The molecule has 98 valence electrons. The molecule has 1 fully saturated rings. The number of carbonyl (C=O) groups is 2. The first kappa shape index (κ1) is 14.0. The molecule has 1 rings (SSSR count). The third-order valence-corrected chi connectivity index (χ3v) is 3.33. The highest BCUT2D eigenvalue weighted by Gasteiger charge is 2.23. The minimum absolute atomic E-state index is 0.0408. The molecular formula is C12H22N2O3. The number of nitrogens with one attached hydrogen (secondary N) is 1. The lowest BCUT2D eigenvalue weighted by Crippen LogP contribution is -2.44. The van der Waals surface area contributed by atoms with E-state index in [1.54, 1.807) is 7.05 Å². The number of nitrogens with zero attached hydrogens (tertiary/aromatic N) is 1. The Morgan fingerprint density at radius 1 is 1.29 bits per heavy atom. The van der Waals surface area contributed by atoms with Crippen molar-refractivity contribution < 1.29 is 14.7 Å². The first-order chi connectivity index (χ1) is 8.13. The molecule has 0 heterocycles. The molecule has 1 amide bonds. The molecule has 0 bridgehead atoms. The molecule has 0 aromatic carbocycles. The second kappa shape index (κ2) is 7.27. The van der Waals surface area contributed by atoms with Gasteiger partial charge in [-0.3, -0.25) is 14.5 Å². The van der Waals surface area contributed by atoms with E-state index in [1.165, 1.54) is 19.3 Å². The van der Waals surface area contributed by atoms with Crippen LogP contribution in [0.1, 0.15) is 38.5 Å². The Morgan fingerprint density at radius 2 is 1.94 bits per heavy atom. The zero-order chi connectivity index (χ0) is 12.7. The van der Waals surface area contributed by atoms with Crippen LogP contribution in [0.25, 0.3) is 0 Å². The van der Waals surface area contributed by atoms with Crippen LogP contribution in [-0.4, -0.2) is 48.1 Å². The summed E-state index contributed by atoms with van der Waals surface area (Å²) in [6.07, 6.45) is 5.88. The summed E-state index contributed by atoms with van der Waals surface area (Å²) in [6, 6.07) is 0.375. The lowest BCUT2D eigenvalue weighted by atomic mass is 9.94. The molecule has 0 radical (unpaired) electrons. The van der Waals surface area contributed by atoms with Crippen LogP contribution in [-0.2, 0) is 9.59 Å². The SMILES string of the molecule is CNC(=O)CN(CCC(=O)O)C1CCCCC1. The molecule has 0 saturated heterocycles. The third kappa shape index (κ3) is 5.17. The highest BCUT2D eigenvalue weighted by molar-refractivity contribution is 5.77. The number of hydrogen-bond donors (Lipinski definition) is 2. The van der Waals surface area contributed by atoms with Gasteiger partial charge in [0.1, 0.15) is 0 Å². The van der Waals surface area contributed by atoms with Crippen molar-refractivity contribution in [2.75, 3.05) is 20.1 Å². The molecule has 1 saturated carbocycles. The van der Waals surface area contributed by atoms with Crippen LogP contribution in [0, 0.1) is 0 Å². The smallest absolute Gasteiger partial charge is 0.304 e. The minimum atomic E-state index is -0.803. The standard InChI is InChI=1S/C12H22N2O3/c1-13-11(15)9-14(8-7-12(16)17)10-5-3-2-4-6-10/h10H,2-9H2,1H3,(H,13,15)(H,16,17). The lowest BCUT2D eigenvalue weighted by molar-refractivity contribution is -0.138. The minimum Gasteiger partial charge on any atom is -0.481 e. The van der Waals surface area contributed by atoms with E-state index < -0.39 is 5.97 Å². The summed E-state index contributed by atoms with van der Waals surface area (Å²) < 4.78 is 0. The van der Waals surface area contributed by atoms with Crippen molar-refractivity contribution in [2.45, 2.75) is 44.6 Å². The Balaban J connectivity index is 2.49. The van der Waals surface area contributed by atoms with Gasteiger partial charge in [-0.25, -0.2) is 0 Å². The van der Waals surface area contributed by atoms with Crippen LogP contribution in [0.3, 0.4) is 0 Å². The van der Waals surface area contributed by atoms with Gasteiger partial charge in [0.2, 0.25) is 5.91 Å². The molecule has 1 aliphatic rings. The summed E-state index contributed by atoms with van der Waals surface area (Å²) in [5, 5.41) is 11.3. The largest absolute Gasteiger partial charge is 0.481 e. The Hall–Kier alpha value is -1.10. The number of carbonyl (C=O) groups excluding carboxylic acids is 1. The highest BCUT2D eigenvalue weighted by atomic mass is 16.4. The van der Waals surface area contributed by atoms with E-state index in [9.17, 15) is 9.59 Å². The maximum atomic E-state index is 11.4. The number of carboxylic acid groups (broad SMARTS) is 1. The zero-order valence-electron chi connectivity index (χ0n) is 10.4. The van der Waals surface area contributed by atoms with Crippen LogP contribution < -0.4 is 5.32 Å². The maximum Gasteiger partial charge on any atom is 0.304 e. The van der Waals surface area contributed by atoms with Crippen molar-refractivity contribution in [3.05, 3.63) is 0 Å². The molecular weight excluding hydrogens is 220 g/mol. The molecule has 17 heavy (non-hydrogen) atoms. The predicted molar refractivity (Wildman–Crippen MR) is 64.8 cm³/mol. The van der Waals surface area contributed by atoms with E-state index in [0.717, 1.165) is 12.8 Å². The van der Waals surface area contributed by atoms with Gasteiger partial charge in [-0.05, 0) is 12.8 Å². The van der Waals surface area contributed by atoms with Gasteiger partial charge in [-0.2, -0.15) is 0 Å². The molecule has 0 aromatic heterocycles. The summed E-state index contributed by atoms with van der Waals surface area (Å²) in [7, 11) is 1.61.